The van der Waals surface area contributed by atoms with Crippen molar-refractivity contribution in [2.45, 2.75) is 17.7 Å². The number of hydrogen-bond donors (Lipinski definition) is 1. The van der Waals surface area contributed by atoms with Gasteiger partial charge in [0.2, 0.25) is 10.0 Å². The molecule has 0 aromatic carbocycles. The van der Waals surface area contributed by atoms with Crippen molar-refractivity contribution in [1.29, 1.82) is 0 Å². The van der Waals surface area contributed by atoms with E-state index in [1.54, 1.807) is 0 Å². The minimum absolute atomic E-state index is 0.0366. The molecule has 0 radical (unpaired) electrons. The standard InChI is InChI=1S/C11H13ClN2O4S/c12-10-9(2-1-5-13-10)19(17,18)14-6-3-8(4-7-14)11(15)16/h1-2,5,8H,3-4,6-7H2,(H,15,16). The zero-order valence-corrected chi connectivity index (χ0v) is 11.6. The fraction of sp³-hybridized carbons (Fsp3) is 0.455. The third-order valence-corrected chi connectivity index (χ3v) is 5.49. The van der Waals surface area contributed by atoms with E-state index in [0.29, 0.717) is 12.8 Å². The lowest BCUT2D eigenvalue weighted by Crippen LogP contribution is -2.40. The van der Waals surface area contributed by atoms with E-state index < -0.39 is 21.9 Å². The van der Waals surface area contributed by atoms with Gasteiger partial charge in [-0.1, -0.05) is 11.6 Å². The monoisotopic (exact) mass is 304 g/mol. The highest BCUT2D eigenvalue weighted by molar-refractivity contribution is 7.89. The maximum atomic E-state index is 12.3. The van der Waals surface area contributed by atoms with Crippen molar-refractivity contribution in [2.24, 2.45) is 5.92 Å². The van der Waals surface area contributed by atoms with E-state index in [1.165, 1.54) is 22.6 Å². The second-order valence-corrected chi connectivity index (χ2v) is 6.57. The first-order chi connectivity index (χ1) is 8.93. The molecule has 6 nitrogen and oxygen atoms in total. The van der Waals surface area contributed by atoms with E-state index in [2.05, 4.69) is 4.98 Å². The van der Waals surface area contributed by atoms with Crippen molar-refractivity contribution >= 4 is 27.6 Å². The Morgan fingerprint density at radius 1 is 1.42 bits per heavy atom. The minimum Gasteiger partial charge on any atom is -0.481 e. The number of carboxylic acid groups (broad SMARTS) is 1. The van der Waals surface area contributed by atoms with E-state index >= 15 is 0 Å². The number of rotatable bonds is 3. The van der Waals surface area contributed by atoms with Gasteiger partial charge in [0.15, 0.2) is 0 Å². The number of sulfonamides is 1. The Bertz CT molecular complexity index is 582. The third-order valence-electron chi connectivity index (χ3n) is 3.15. The molecule has 1 aliphatic rings. The van der Waals surface area contributed by atoms with Gasteiger partial charge in [-0.2, -0.15) is 4.31 Å². The summed E-state index contributed by atoms with van der Waals surface area (Å²) in [6.45, 7) is 0.370. The third kappa shape index (κ3) is 2.88. The molecule has 1 fully saturated rings. The number of carbonyl (C=O) groups is 1. The van der Waals surface area contributed by atoms with Crippen LogP contribution in [0.25, 0.3) is 0 Å². The Morgan fingerprint density at radius 2 is 2.05 bits per heavy atom. The van der Waals surface area contributed by atoms with Gasteiger partial charge in [0.1, 0.15) is 10.0 Å². The van der Waals surface area contributed by atoms with Crippen LogP contribution in [0.4, 0.5) is 0 Å². The van der Waals surface area contributed by atoms with Gasteiger partial charge in [0.05, 0.1) is 5.92 Å². The number of pyridine rings is 1. The minimum atomic E-state index is -3.70. The molecule has 1 N–H and O–H groups in total. The highest BCUT2D eigenvalue weighted by atomic mass is 35.5. The zero-order chi connectivity index (χ0) is 14.0. The molecule has 2 rings (SSSR count). The molecule has 19 heavy (non-hydrogen) atoms. The van der Waals surface area contributed by atoms with Crippen LogP contribution in [0.3, 0.4) is 0 Å². The largest absolute Gasteiger partial charge is 0.481 e. The van der Waals surface area contributed by atoms with Crippen molar-refractivity contribution in [3.8, 4) is 0 Å². The normalized spacial score (nSPS) is 18.4. The van der Waals surface area contributed by atoms with Crippen LogP contribution in [0.15, 0.2) is 23.2 Å². The Kier molecular flexibility index (Phi) is 4.07. The number of aliphatic carboxylic acids is 1. The summed E-state index contributed by atoms with van der Waals surface area (Å²) in [4.78, 5) is 14.5. The molecule has 0 unspecified atom stereocenters. The smallest absolute Gasteiger partial charge is 0.306 e. The second-order valence-electron chi connectivity index (χ2n) is 4.31. The van der Waals surface area contributed by atoms with Crippen molar-refractivity contribution < 1.29 is 18.3 Å². The fourth-order valence-corrected chi connectivity index (χ4v) is 3.94. The number of halogens is 1. The maximum absolute atomic E-state index is 12.3. The van der Waals surface area contributed by atoms with E-state index in [9.17, 15) is 13.2 Å². The van der Waals surface area contributed by atoms with Gasteiger partial charge < -0.3 is 5.11 Å². The molecule has 1 aromatic rings. The predicted molar refractivity (Wildman–Crippen MR) is 68.4 cm³/mol. The molecule has 2 heterocycles. The van der Waals surface area contributed by atoms with Crippen LogP contribution in [0.5, 0.6) is 0 Å². The van der Waals surface area contributed by atoms with Crippen molar-refractivity contribution in [1.82, 2.24) is 9.29 Å². The summed E-state index contributed by atoms with van der Waals surface area (Å²) in [5.74, 6) is -1.35. The number of aromatic nitrogens is 1. The Morgan fingerprint density at radius 3 is 2.58 bits per heavy atom. The summed E-state index contributed by atoms with van der Waals surface area (Å²) in [5.41, 5.74) is 0. The highest BCUT2D eigenvalue weighted by Gasteiger charge is 2.33. The molecule has 1 aromatic heterocycles. The molecular formula is C11H13ClN2O4S. The van der Waals surface area contributed by atoms with Crippen LogP contribution in [0, 0.1) is 5.92 Å². The molecule has 0 amide bonds. The van der Waals surface area contributed by atoms with Gasteiger partial charge in [-0.15, -0.1) is 0 Å². The van der Waals surface area contributed by atoms with Crippen molar-refractivity contribution in [3.63, 3.8) is 0 Å². The van der Waals surface area contributed by atoms with Crippen LogP contribution in [0.2, 0.25) is 5.15 Å². The van der Waals surface area contributed by atoms with E-state index in [4.69, 9.17) is 16.7 Å². The summed E-state index contributed by atoms with van der Waals surface area (Å²) in [6, 6.07) is 2.90. The van der Waals surface area contributed by atoms with Gasteiger partial charge in [-0.3, -0.25) is 4.79 Å². The lowest BCUT2D eigenvalue weighted by atomic mass is 9.99. The van der Waals surface area contributed by atoms with E-state index in [0.717, 1.165) is 0 Å². The molecule has 1 aliphatic heterocycles. The summed E-state index contributed by atoms with van der Waals surface area (Å²) < 4.78 is 25.9. The first-order valence-electron chi connectivity index (χ1n) is 5.76. The molecule has 0 saturated carbocycles. The molecule has 104 valence electrons. The van der Waals surface area contributed by atoms with E-state index in [1.807, 2.05) is 0 Å². The molecule has 0 spiro atoms. The van der Waals surface area contributed by atoms with Crippen LogP contribution in [-0.2, 0) is 14.8 Å². The van der Waals surface area contributed by atoms with Crippen LogP contribution in [-0.4, -0.2) is 41.9 Å². The van der Waals surface area contributed by atoms with Crippen LogP contribution in [0.1, 0.15) is 12.8 Å². The lowest BCUT2D eigenvalue weighted by Gasteiger charge is -2.29. The number of nitrogens with zero attached hydrogens (tertiary/aromatic N) is 2. The lowest BCUT2D eigenvalue weighted by molar-refractivity contribution is -0.142. The van der Waals surface area contributed by atoms with Crippen LogP contribution >= 0.6 is 11.6 Å². The van der Waals surface area contributed by atoms with Gasteiger partial charge >= 0.3 is 5.97 Å². The molecule has 1 saturated heterocycles. The zero-order valence-electron chi connectivity index (χ0n) is 9.99. The fourth-order valence-electron chi connectivity index (χ4n) is 2.05. The average molecular weight is 305 g/mol. The molecule has 0 aliphatic carbocycles. The first-order valence-corrected chi connectivity index (χ1v) is 7.58. The van der Waals surface area contributed by atoms with Gasteiger partial charge in [0.25, 0.3) is 0 Å². The topological polar surface area (TPSA) is 87.6 Å². The Balaban J connectivity index is 2.19. The predicted octanol–water partition coefficient (Wildman–Crippen LogP) is 1.22. The summed E-state index contributed by atoms with van der Waals surface area (Å²) >= 11 is 5.80. The molecule has 0 atom stereocenters. The van der Waals surface area contributed by atoms with E-state index in [-0.39, 0.29) is 23.1 Å². The number of hydrogen-bond acceptors (Lipinski definition) is 4. The number of carboxylic acids is 1. The van der Waals surface area contributed by atoms with Crippen LogP contribution < -0.4 is 0 Å². The van der Waals surface area contributed by atoms with Gasteiger partial charge in [-0.25, -0.2) is 13.4 Å². The second kappa shape index (κ2) is 5.44. The molecule has 8 heteroatoms. The molecule has 0 bridgehead atoms. The summed E-state index contributed by atoms with van der Waals surface area (Å²) in [7, 11) is -3.70. The summed E-state index contributed by atoms with van der Waals surface area (Å²) in [6.07, 6.45) is 2.04. The Hall–Kier alpha value is -1.18. The van der Waals surface area contributed by atoms with Crippen molar-refractivity contribution in [2.75, 3.05) is 13.1 Å². The number of piperidine rings is 1. The quantitative estimate of drug-likeness (QED) is 0.848. The highest BCUT2D eigenvalue weighted by Crippen LogP contribution is 2.26. The van der Waals surface area contributed by atoms with Gasteiger partial charge in [0, 0.05) is 19.3 Å². The first kappa shape index (κ1) is 14.2. The Labute approximate surface area is 116 Å². The van der Waals surface area contributed by atoms with Crippen molar-refractivity contribution in [3.05, 3.63) is 23.5 Å². The molecular weight excluding hydrogens is 292 g/mol. The SMILES string of the molecule is O=C(O)C1CCN(S(=O)(=O)c2cccnc2Cl)CC1. The van der Waals surface area contributed by atoms with Gasteiger partial charge in [-0.05, 0) is 25.0 Å². The average Bonchev–Trinajstić information content (AvgIpc) is 2.39. The summed E-state index contributed by atoms with van der Waals surface area (Å²) in [5, 5.41) is 8.82. The maximum Gasteiger partial charge on any atom is 0.306 e.